The summed E-state index contributed by atoms with van der Waals surface area (Å²) in [6.07, 6.45) is 3.41. The van der Waals surface area contributed by atoms with Gasteiger partial charge in [0.05, 0.1) is 11.9 Å². The lowest BCUT2D eigenvalue weighted by atomic mass is 10.2. The maximum atomic E-state index is 12.0. The van der Waals surface area contributed by atoms with Gasteiger partial charge in [-0.3, -0.25) is 9.48 Å². The van der Waals surface area contributed by atoms with Crippen LogP contribution < -0.4 is 10.7 Å². The first-order valence-electron chi connectivity index (χ1n) is 6.81. The molecule has 22 heavy (non-hydrogen) atoms. The number of nitrogens with zero attached hydrogens (tertiary/aromatic N) is 3. The van der Waals surface area contributed by atoms with Crippen LogP contribution in [0.1, 0.15) is 18.2 Å². The number of amides is 1. The molecular formula is C15H18ClN5O. The number of hydrazone groups is 1. The molecule has 1 aromatic heterocycles. The van der Waals surface area contributed by atoms with Crippen molar-refractivity contribution in [3.8, 4) is 0 Å². The third kappa shape index (κ3) is 4.33. The minimum Gasteiger partial charge on any atom is -0.374 e. The fraction of sp³-hybridized carbons (Fsp3) is 0.267. The molecule has 1 aromatic carbocycles. The Morgan fingerprint density at radius 1 is 1.50 bits per heavy atom. The maximum Gasteiger partial charge on any atom is 0.262 e. The van der Waals surface area contributed by atoms with E-state index in [0.717, 1.165) is 16.9 Å². The average molecular weight is 320 g/mol. The van der Waals surface area contributed by atoms with Gasteiger partial charge >= 0.3 is 0 Å². The van der Waals surface area contributed by atoms with Crippen molar-refractivity contribution < 1.29 is 4.79 Å². The number of carbonyl (C=O) groups is 1. The van der Waals surface area contributed by atoms with E-state index < -0.39 is 6.04 Å². The smallest absolute Gasteiger partial charge is 0.262 e. The van der Waals surface area contributed by atoms with Crippen molar-refractivity contribution in [3.05, 3.63) is 46.7 Å². The Labute approximate surface area is 134 Å². The van der Waals surface area contributed by atoms with E-state index in [-0.39, 0.29) is 5.91 Å². The molecule has 0 saturated carbocycles. The van der Waals surface area contributed by atoms with Gasteiger partial charge in [0.2, 0.25) is 0 Å². The van der Waals surface area contributed by atoms with Gasteiger partial charge in [-0.15, -0.1) is 0 Å². The second-order valence-corrected chi connectivity index (χ2v) is 5.39. The highest BCUT2D eigenvalue weighted by Crippen LogP contribution is 2.15. The SMILES string of the molecule is Cc1nn(C)cc1/C=N\NC(=O)[C@H](C)Nc1cccc(Cl)c1. The van der Waals surface area contributed by atoms with Gasteiger partial charge in [0.1, 0.15) is 6.04 Å². The fourth-order valence-electron chi connectivity index (χ4n) is 1.90. The van der Waals surface area contributed by atoms with E-state index in [1.165, 1.54) is 0 Å². The van der Waals surface area contributed by atoms with Crippen molar-refractivity contribution in [3.63, 3.8) is 0 Å². The van der Waals surface area contributed by atoms with Gasteiger partial charge < -0.3 is 5.32 Å². The van der Waals surface area contributed by atoms with Crippen molar-refractivity contribution in [2.75, 3.05) is 5.32 Å². The summed E-state index contributed by atoms with van der Waals surface area (Å²) in [6, 6.07) is 6.76. The molecule has 2 aromatic rings. The van der Waals surface area contributed by atoms with Gasteiger partial charge in [0, 0.05) is 29.5 Å². The number of aromatic nitrogens is 2. The van der Waals surface area contributed by atoms with E-state index in [1.54, 1.807) is 30.0 Å². The Bertz CT molecular complexity index is 695. The Morgan fingerprint density at radius 2 is 2.27 bits per heavy atom. The van der Waals surface area contributed by atoms with E-state index in [4.69, 9.17) is 11.6 Å². The molecular weight excluding hydrogens is 302 g/mol. The fourth-order valence-corrected chi connectivity index (χ4v) is 2.09. The molecule has 0 saturated heterocycles. The molecule has 2 N–H and O–H groups in total. The van der Waals surface area contributed by atoms with Crippen molar-refractivity contribution in [2.24, 2.45) is 12.1 Å². The summed E-state index contributed by atoms with van der Waals surface area (Å²) in [5.41, 5.74) is 4.99. The molecule has 0 aliphatic rings. The van der Waals surface area contributed by atoms with Gasteiger partial charge in [-0.25, -0.2) is 5.43 Å². The van der Waals surface area contributed by atoms with Crippen LogP contribution in [-0.4, -0.2) is 27.9 Å². The van der Waals surface area contributed by atoms with Crippen LogP contribution in [0.4, 0.5) is 5.69 Å². The zero-order valence-electron chi connectivity index (χ0n) is 12.7. The van der Waals surface area contributed by atoms with Gasteiger partial charge in [0.15, 0.2) is 0 Å². The van der Waals surface area contributed by atoms with Gasteiger partial charge in [0.25, 0.3) is 5.91 Å². The third-order valence-electron chi connectivity index (χ3n) is 3.03. The summed E-state index contributed by atoms with van der Waals surface area (Å²) in [5.74, 6) is -0.238. The van der Waals surface area contributed by atoms with Crippen molar-refractivity contribution in [2.45, 2.75) is 19.9 Å². The van der Waals surface area contributed by atoms with Crippen LogP contribution in [0.2, 0.25) is 5.02 Å². The second kappa shape index (κ2) is 7.09. The molecule has 2 rings (SSSR count). The zero-order chi connectivity index (χ0) is 16.1. The lowest BCUT2D eigenvalue weighted by molar-refractivity contribution is -0.121. The number of benzene rings is 1. The summed E-state index contributed by atoms with van der Waals surface area (Å²) in [4.78, 5) is 12.0. The highest BCUT2D eigenvalue weighted by molar-refractivity contribution is 6.30. The minimum atomic E-state index is -0.439. The monoisotopic (exact) mass is 319 g/mol. The number of anilines is 1. The molecule has 7 heteroatoms. The Kier molecular flexibility index (Phi) is 5.16. The van der Waals surface area contributed by atoms with E-state index >= 15 is 0 Å². The van der Waals surface area contributed by atoms with Gasteiger partial charge in [-0.2, -0.15) is 10.2 Å². The second-order valence-electron chi connectivity index (χ2n) is 4.95. The summed E-state index contributed by atoms with van der Waals surface area (Å²) < 4.78 is 1.70. The molecule has 116 valence electrons. The Hall–Kier alpha value is -2.34. The number of rotatable bonds is 5. The first-order valence-corrected chi connectivity index (χ1v) is 7.19. The van der Waals surface area contributed by atoms with E-state index in [9.17, 15) is 4.79 Å². The normalized spacial score (nSPS) is 12.4. The van der Waals surface area contributed by atoms with E-state index in [1.807, 2.05) is 32.3 Å². The molecule has 0 fully saturated rings. The van der Waals surface area contributed by atoms with Crippen LogP contribution in [0.3, 0.4) is 0 Å². The van der Waals surface area contributed by atoms with Crippen LogP contribution in [0.5, 0.6) is 0 Å². The Balaban J connectivity index is 1.90. The van der Waals surface area contributed by atoms with E-state index in [0.29, 0.717) is 5.02 Å². The summed E-state index contributed by atoms with van der Waals surface area (Å²) in [7, 11) is 1.83. The molecule has 0 bridgehead atoms. The number of hydrogen-bond donors (Lipinski definition) is 2. The lowest BCUT2D eigenvalue weighted by Gasteiger charge is -2.13. The third-order valence-corrected chi connectivity index (χ3v) is 3.27. The van der Waals surface area contributed by atoms with Gasteiger partial charge in [-0.05, 0) is 32.0 Å². The zero-order valence-corrected chi connectivity index (χ0v) is 13.4. The molecule has 6 nitrogen and oxygen atoms in total. The topological polar surface area (TPSA) is 71.3 Å². The summed E-state index contributed by atoms with van der Waals surface area (Å²) in [5, 5.41) is 11.8. The first kappa shape index (κ1) is 16.0. The predicted molar refractivity (Wildman–Crippen MR) is 88.2 cm³/mol. The number of nitrogens with one attached hydrogen (secondary N) is 2. The number of hydrogen-bond acceptors (Lipinski definition) is 4. The minimum absolute atomic E-state index is 0.238. The van der Waals surface area contributed by atoms with Gasteiger partial charge in [-0.1, -0.05) is 17.7 Å². The first-order chi connectivity index (χ1) is 10.5. The number of carbonyl (C=O) groups excluding carboxylic acids is 1. The maximum absolute atomic E-state index is 12.0. The van der Waals surface area contributed by atoms with Crippen LogP contribution in [-0.2, 0) is 11.8 Å². The predicted octanol–water partition coefficient (Wildman–Crippen LogP) is 2.33. The van der Waals surface area contributed by atoms with E-state index in [2.05, 4.69) is 20.9 Å². The lowest BCUT2D eigenvalue weighted by Crippen LogP contribution is -2.34. The van der Waals surface area contributed by atoms with Crippen LogP contribution in [0, 0.1) is 6.92 Å². The average Bonchev–Trinajstić information content (AvgIpc) is 2.77. The highest BCUT2D eigenvalue weighted by atomic mass is 35.5. The van der Waals surface area contributed by atoms with Crippen molar-refractivity contribution in [1.82, 2.24) is 15.2 Å². The number of aryl methyl sites for hydroxylation is 2. The van der Waals surface area contributed by atoms with Crippen LogP contribution in [0.15, 0.2) is 35.6 Å². The molecule has 0 unspecified atom stereocenters. The largest absolute Gasteiger partial charge is 0.374 e. The molecule has 0 radical (unpaired) electrons. The molecule has 0 aliphatic heterocycles. The Morgan fingerprint density at radius 3 is 2.91 bits per heavy atom. The van der Waals surface area contributed by atoms with Crippen LogP contribution in [0.25, 0.3) is 0 Å². The number of halogens is 1. The van der Waals surface area contributed by atoms with Crippen LogP contribution >= 0.6 is 11.6 Å². The van der Waals surface area contributed by atoms with Crippen molar-refractivity contribution in [1.29, 1.82) is 0 Å². The summed E-state index contributed by atoms with van der Waals surface area (Å²) in [6.45, 7) is 3.63. The molecule has 0 aliphatic carbocycles. The highest BCUT2D eigenvalue weighted by Gasteiger charge is 2.11. The molecule has 1 heterocycles. The summed E-state index contributed by atoms with van der Waals surface area (Å²) >= 11 is 5.90. The molecule has 1 atom stereocenters. The van der Waals surface area contributed by atoms with Crippen molar-refractivity contribution >= 4 is 29.4 Å². The molecule has 1 amide bonds. The quantitative estimate of drug-likeness (QED) is 0.656. The standard InChI is InChI=1S/C15H18ClN5O/c1-10-12(9-21(3)20-10)8-17-19-15(22)11(2)18-14-6-4-5-13(16)7-14/h4-9,11,18H,1-3H3,(H,19,22)/b17-8-/t11-/m0/s1. The molecule has 0 spiro atoms.